The normalized spacial score (nSPS) is 14.0. The number of H-pyrrole nitrogens is 1. The van der Waals surface area contributed by atoms with Crippen molar-refractivity contribution in [2.24, 2.45) is 0 Å². The monoisotopic (exact) mass is 344 g/mol. The van der Waals surface area contributed by atoms with E-state index in [2.05, 4.69) is 19.5 Å². The van der Waals surface area contributed by atoms with Crippen LogP contribution in [0.5, 0.6) is 0 Å². The molecule has 3 heterocycles. The van der Waals surface area contributed by atoms with Crippen molar-refractivity contribution in [2.75, 3.05) is 25.5 Å². The predicted octanol–water partition coefficient (Wildman–Crippen LogP) is 2.13. The Morgan fingerprint density at radius 2 is 2.17 bits per heavy atom. The van der Waals surface area contributed by atoms with E-state index in [9.17, 15) is 4.79 Å². The van der Waals surface area contributed by atoms with Gasteiger partial charge < -0.3 is 19.4 Å². The van der Waals surface area contributed by atoms with Crippen molar-refractivity contribution in [3.8, 4) is 0 Å². The second-order valence-electron chi connectivity index (χ2n) is 6.04. The van der Waals surface area contributed by atoms with Gasteiger partial charge in [-0.25, -0.2) is 9.97 Å². The van der Waals surface area contributed by atoms with Crippen LogP contribution in [0.4, 0.5) is 5.95 Å². The third-order valence-corrected chi connectivity index (χ3v) is 4.54. The van der Waals surface area contributed by atoms with Gasteiger partial charge in [0.05, 0.1) is 34.5 Å². The number of para-hydroxylation sites is 1. The minimum absolute atomic E-state index is 0.124. The number of aromatic nitrogens is 4. The third kappa shape index (κ3) is 2.32. The molecule has 1 aromatic carbocycles. The van der Waals surface area contributed by atoms with Crippen molar-refractivity contribution in [3.63, 3.8) is 0 Å². The minimum atomic E-state index is -0.124. The van der Waals surface area contributed by atoms with E-state index in [-0.39, 0.29) is 5.91 Å². The number of carbonyl (C=O) groups excluding carboxylic acids is 1. The number of benzene rings is 1. The standard InChI is InChI=1S/C16H17ClN6O/c1-21(2)16-18-8-10-9-22(6-7-23(10)16)15(24)14-19-12-5-3-4-11(17)13(12)20-14/h3-5,8H,6-7,9H2,1-2H3,(H,19,20). The molecular formula is C16H17ClN6O. The molecule has 1 aliphatic heterocycles. The van der Waals surface area contributed by atoms with Gasteiger partial charge in [0.2, 0.25) is 5.95 Å². The second kappa shape index (κ2) is 5.52. The molecule has 0 saturated carbocycles. The van der Waals surface area contributed by atoms with E-state index in [1.165, 1.54) is 0 Å². The number of halogens is 1. The number of aromatic amines is 1. The number of hydrogen-bond donors (Lipinski definition) is 1. The lowest BCUT2D eigenvalue weighted by molar-refractivity contribution is 0.0700. The van der Waals surface area contributed by atoms with Crippen molar-refractivity contribution in [2.45, 2.75) is 13.1 Å². The number of hydrogen-bond acceptors (Lipinski definition) is 4. The molecule has 0 spiro atoms. The zero-order valence-electron chi connectivity index (χ0n) is 13.5. The SMILES string of the molecule is CN(C)c1ncc2n1CCN(C(=O)c1nc3cccc(Cl)c3[nH]1)C2. The minimum Gasteiger partial charge on any atom is -0.348 e. The number of carbonyl (C=O) groups is 1. The maximum atomic E-state index is 12.8. The van der Waals surface area contributed by atoms with Crippen LogP contribution in [0.15, 0.2) is 24.4 Å². The summed E-state index contributed by atoms with van der Waals surface area (Å²) in [5.41, 5.74) is 2.41. The molecule has 7 nitrogen and oxygen atoms in total. The maximum Gasteiger partial charge on any atom is 0.290 e. The molecule has 0 fully saturated rings. The van der Waals surface area contributed by atoms with Gasteiger partial charge in [-0.05, 0) is 12.1 Å². The summed E-state index contributed by atoms with van der Waals surface area (Å²) >= 11 is 6.15. The Hall–Kier alpha value is -2.54. The van der Waals surface area contributed by atoms with Gasteiger partial charge in [-0.1, -0.05) is 17.7 Å². The molecule has 1 aliphatic rings. The Morgan fingerprint density at radius 3 is 2.92 bits per heavy atom. The van der Waals surface area contributed by atoms with Gasteiger partial charge in [0.25, 0.3) is 5.91 Å². The molecule has 4 rings (SSSR count). The molecule has 0 saturated heterocycles. The summed E-state index contributed by atoms with van der Waals surface area (Å²) in [5, 5.41) is 0.561. The van der Waals surface area contributed by atoms with Gasteiger partial charge >= 0.3 is 0 Å². The van der Waals surface area contributed by atoms with E-state index in [4.69, 9.17) is 11.6 Å². The zero-order chi connectivity index (χ0) is 16.8. The molecule has 1 amide bonds. The molecule has 0 bridgehead atoms. The number of imidazole rings is 2. The van der Waals surface area contributed by atoms with Gasteiger partial charge in [0, 0.05) is 27.2 Å². The number of rotatable bonds is 2. The highest BCUT2D eigenvalue weighted by molar-refractivity contribution is 6.35. The number of nitrogens with one attached hydrogen (secondary N) is 1. The Kier molecular flexibility index (Phi) is 3.45. The molecular weight excluding hydrogens is 328 g/mol. The van der Waals surface area contributed by atoms with Crippen molar-refractivity contribution >= 4 is 34.5 Å². The molecule has 8 heteroatoms. The van der Waals surface area contributed by atoms with Gasteiger partial charge in [-0.3, -0.25) is 4.79 Å². The van der Waals surface area contributed by atoms with Gasteiger partial charge in [-0.15, -0.1) is 0 Å². The Labute approximate surface area is 143 Å². The van der Waals surface area contributed by atoms with Crippen LogP contribution in [-0.2, 0) is 13.1 Å². The van der Waals surface area contributed by atoms with Crippen LogP contribution in [-0.4, -0.2) is 51.0 Å². The topological polar surface area (TPSA) is 70.1 Å². The number of fused-ring (bicyclic) bond motifs is 2. The van der Waals surface area contributed by atoms with Crippen molar-refractivity contribution in [3.05, 3.63) is 40.9 Å². The molecule has 3 aromatic rings. The van der Waals surface area contributed by atoms with E-state index >= 15 is 0 Å². The first-order chi connectivity index (χ1) is 11.5. The lowest BCUT2D eigenvalue weighted by Crippen LogP contribution is -2.39. The predicted molar refractivity (Wildman–Crippen MR) is 92.4 cm³/mol. The molecule has 0 unspecified atom stereocenters. The molecule has 0 atom stereocenters. The van der Waals surface area contributed by atoms with E-state index < -0.39 is 0 Å². The summed E-state index contributed by atoms with van der Waals surface area (Å²) in [7, 11) is 3.93. The molecule has 24 heavy (non-hydrogen) atoms. The van der Waals surface area contributed by atoms with Crippen LogP contribution in [0.25, 0.3) is 11.0 Å². The summed E-state index contributed by atoms with van der Waals surface area (Å²) < 4.78 is 2.14. The maximum absolute atomic E-state index is 12.8. The molecule has 1 N–H and O–H groups in total. The highest BCUT2D eigenvalue weighted by Crippen LogP contribution is 2.23. The largest absolute Gasteiger partial charge is 0.348 e. The average molecular weight is 345 g/mol. The smallest absolute Gasteiger partial charge is 0.290 e. The van der Waals surface area contributed by atoms with Crippen LogP contribution in [0.3, 0.4) is 0 Å². The lowest BCUT2D eigenvalue weighted by atomic mass is 10.3. The second-order valence-corrected chi connectivity index (χ2v) is 6.45. The third-order valence-electron chi connectivity index (χ3n) is 4.22. The van der Waals surface area contributed by atoms with Crippen LogP contribution < -0.4 is 4.90 Å². The first-order valence-electron chi connectivity index (χ1n) is 7.70. The van der Waals surface area contributed by atoms with E-state index in [1.807, 2.05) is 37.3 Å². The molecule has 124 valence electrons. The van der Waals surface area contributed by atoms with E-state index in [1.54, 1.807) is 11.0 Å². The summed E-state index contributed by atoms with van der Waals surface area (Å²) in [6.07, 6.45) is 1.82. The fourth-order valence-corrected chi connectivity index (χ4v) is 3.26. The Bertz CT molecular complexity index is 928. The van der Waals surface area contributed by atoms with E-state index in [0.717, 1.165) is 18.2 Å². The zero-order valence-corrected chi connectivity index (χ0v) is 14.2. The van der Waals surface area contributed by atoms with E-state index in [0.29, 0.717) is 35.0 Å². The van der Waals surface area contributed by atoms with Gasteiger partial charge in [0.1, 0.15) is 0 Å². The first kappa shape index (κ1) is 15.0. The first-order valence-corrected chi connectivity index (χ1v) is 8.07. The highest BCUT2D eigenvalue weighted by Gasteiger charge is 2.26. The van der Waals surface area contributed by atoms with Crippen molar-refractivity contribution < 1.29 is 4.79 Å². The van der Waals surface area contributed by atoms with Crippen molar-refractivity contribution in [1.29, 1.82) is 0 Å². The number of nitrogens with zero attached hydrogens (tertiary/aromatic N) is 5. The Morgan fingerprint density at radius 1 is 1.33 bits per heavy atom. The van der Waals surface area contributed by atoms with Crippen molar-refractivity contribution in [1.82, 2.24) is 24.4 Å². The van der Waals surface area contributed by atoms with Crippen LogP contribution in [0.2, 0.25) is 5.02 Å². The quantitative estimate of drug-likeness (QED) is 0.773. The van der Waals surface area contributed by atoms with Gasteiger partial charge in [-0.2, -0.15) is 0 Å². The fourth-order valence-electron chi connectivity index (χ4n) is 3.04. The highest BCUT2D eigenvalue weighted by atomic mass is 35.5. The van der Waals surface area contributed by atoms with Crippen LogP contribution in [0.1, 0.15) is 16.3 Å². The van der Waals surface area contributed by atoms with Gasteiger partial charge in [0.15, 0.2) is 5.82 Å². The Balaban J connectivity index is 1.61. The summed E-state index contributed by atoms with van der Waals surface area (Å²) in [5.74, 6) is 1.10. The molecule has 0 radical (unpaired) electrons. The average Bonchev–Trinajstić information content (AvgIpc) is 3.18. The summed E-state index contributed by atoms with van der Waals surface area (Å²) in [4.78, 5) is 28.4. The molecule has 2 aromatic heterocycles. The molecule has 0 aliphatic carbocycles. The van der Waals surface area contributed by atoms with Crippen LogP contribution in [0, 0.1) is 0 Å². The summed E-state index contributed by atoms with van der Waals surface area (Å²) in [6, 6.07) is 5.43. The summed E-state index contributed by atoms with van der Waals surface area (Å²) in [6.45, 7) is 1.85. The number of amides is 1. The van der Waals surface area contributed by atoms with Crippen LogP contribution >= 0.6 is 11.6 Å². The fraction of sp³-hybridized carbons (Fsp3) is 0.312. The number of anilines is 1. The lowest BCUT2D eigenvalue weighted by Gasteiger charge is -2.29.